The number of hydrogen-bond donors (Lipinski definition) is 2. The Morgan fingerprint density at radius 1 is 0.778 bits per heavy atom. The maximum Gasteiger partial charge on any atom is 0.261 e. The molecular formula is C20H18F2N2O2S. The smallest absolute Gasteiger partial charge is 0.261 e. The number of hydrogen-bond acceptors (Lipinski definition) is 3. The van der Waals surface area contributed by atoms with Crippen LogP contribution >= 0.6 is 0 Å². The van der Waals surface area contributed by atoms with Gasteiger partial charge in [-0.1, -0.05) is 18.2 Å². The zero-order chi connectivity index (χ0) is 19.3. The molecule has 27 heavy (non-hydrogen) atoms. The number of benzene rings is 3. The van der Waals surface area contributed by atoms with Crippen LogP contribution in [0, 0.1) is 11.6 Å². The third-order valence-electron chi connectivity index (χ3n) is 3.94. The van der Waals surface area contributed by atoms with Gasteiger partial charge in [0.15, 0.2) is 0 Å². The lowest BCUT2D eigenvalue weighted by atomic mass is 10.1. The SMILES string of the molecule is O=S(=O)(Nc1ccc(NCCc2ccccc2F)cc1)c1ccc(F)cc1. The van der Waals surface area contributed by atoms with Crippen LogP contribution in [0.4, 0.5) is 20.2 Å². The van der Waals surface area contributed by atoms with Gasteiger partial charge in [-0.2, -0.15) is 0 Å². The lowest BCUT2D eigenvalue weighted by Crippen LogP contribution is -2.13. The van der Waals surface area contributed by atoms with Gasteiger partial charge < -0.3 is 5.32 Å². The van der Waals surface area contributed by atoms with E-state index in [4.69, 9.17) is 0 Å². The fourth-order valence-electron chi connectivity index (χ4n) is 2.53. The summed E-state index contributed by atoms with van der Waals surface area (Å²) in [6.07, 6.45) is 0.533. The highest BCUT2D eigenvalue weighted by molar-refractivity contribution is 7.92. The molecule has 140 valence electrons. The number of sulfonamides is 1. The summed E-state index contributed by atoms with van der Waals surface area (Å²) in [6, 6.07) is 17.9. The second-order valence-electron chi connectivity index (χ2n) is 5.90. The molecule has 0 aliphatic carbocycles. The normalized spacial score (nSPS) is 11.2. The van der Waals surface area contributed by atoms with Gasteiger partial charge in [-0.3, -0.25) is 4.72 Å². The van der Waals surface area contributed by atoms with Crippen LogP contribution in [0.1, 0.15) is 5.56 Å². The van der Waals surface area contributed by atoms with E-state index in [2.05, 4.69) is 10.0 Å². The zero-order valence-electron chi connectivity index (χ0n) is 14.3. The first-order chi connectivity index (χ1) is 12.9. The van der Waals surface area contributed by atoms with Gasteiger partial charge in [0.05, 0.1) is 4.90 Å². The molecule has 0 amide bonds. The molecule has 0 aromatic heterocycles. The van der Waals surface area contributed by atoms with Crippen molar-refractivity contribution in [1.29, 1.82) is 0 Å². The van der Waals surface area contributed by atoms with E-state index in [9.17, 15) is 17.2 Å². The standard InChI is InChI=1S/C20H18F2N2O2S/c21-16-5-11-19(12-6-16)27(25,26)24-18-9-7-17(8-10-18)23-14-13-15-3-1-2-4-20(15)22/h1-12,23-24H,13-14H2. The van der Waals surface area contributed by atoms with Crippen LogP contribution in [0.15, 0.2) is 77.7 Å². The summed E-state index contributed by atoms with van der Waals surface area (Å²) < 4.78 is 53.5. The van der Waals surface area contributed by atoms with Gasteiger partial charge in [0.2, 0.25) is 0 Å². The molecule has 0 bridgehead atoms. The lowest BCUT2D eigenvalue weighted by Gasteiger charge is -2.10. The van der Waals surface area contributed by atoms with Crippen LogP contribution in [0.3, 0.4) is 0 Å². The average Bonchev–Trinajstić information content (AvgIpc) is 2.65. The average molecular weight is 388 g/mol. The minimum atomic E-state index is -3.78. The molecule has 0 aliphatic heterocycles. The minimum Gasteiger partial charge on any atom is -0.385 e. The molecule has 0 unspecified atom stereocenters. The number of nitrogens with one attached hydrogen (secondary N) is 2. The first-order valence-electron chi connectivity index (χ1n) is 8.30. The molecule has 7 heteroatoms. The van der Waals surface area contributed by atoms with E-state index in [-0.39, 0.29) is 10.7 Å². The highest BCUT2D eigenvalue weighted by Crippen LogP contribution is 2.19. The van der Waals surface area contributed by atoms with Crippen molar-refractivity contribution < 1.29 is 17.2 Å². The maximum absolute atomic E-state index is 13.6. The molecule has 2 N–H and O–H groups in total. The molecule has 0 heterocycles. The molecular weight excluding hydrogens is 370 g/mol. The molecule has 3 aromatic carbocycles. The Hall–Kier alpha value is -2.93. The first kappa shape index (κ1) is 18.8. The van der Waals surface area contributed by atoms with Crippen LogP contribution in [0.2, 0.25) is 0 Å². The summed E-state index contributed by atoms with van der Waals surface area (Å²) in [5, 5.41) is 3.16. The summed E-state index contributed by atoms with van der Waals surface area (Å²) in [5.74, 6) is -0.732. The predicted molar refractivity (Wildman–Crippen MR) is 102 cm³/mol. The molecule has 0 atom stereocenters. The van der Waals surface area contributed by atoms with E-state index in [1.807, 2.05) is 0 Å². The van der Waals surface area contributed by atoms with Crippen molar-refractivity contribution >= 4 is 21.4 Å². The van der Waals surface area contributed by atoms with Gasteiger partial charge in [-0.05, 0) is 66.6 Å². The van der Waals surface area contributed by atoms with Gasteiger partial charge in [-0.25, -0.2) is 17.2 Å². The molecule has 0 fully saturated rings. The van der Waals surface area contributed by atoms with Crippen molar-refractivity contribution in [3.05, 3.63) is 90.0 Å². The summed E-state index contributed by atoms with van der Waals surface area (Å²) in [5.41, 5.74) is 1.81. The molecule has 0 saturated heterocycles. The first-order valence-corrected chi connectivity index (χ1v) is 9.78. The lowest BCUT2D eigenvalue weighted by molar-refractivity contribution is 0.599. The quantitative estimate of drug-likeness (QED) is 0.630. The van der Waals surface area contributed by atoms with E-state index in [1.165, 1.54) is 18.2 Å². The third kappa shape index (κ3) is 5.04. The predicted octanol–water partition coefficient (Wildman–Crippen LogP) is 4.42. The van der Waals surface area contributed by atoms with Crippen molar-refractivity contribution in [3.8, 4) is 0 Å². The highest BCUT2D eigenvalue weighted by atomic mass is 32.2. The molecule has 0 spiro atoms. The zero-order valence-corrected chi connectivity index (χ0v) is 15.1. The number of rotatable bonds is 7. The fourth-order valence-corrected chi connectivity index (χ4v) is 3.59. The molecule has 0 aliphatic rings. The molecule has 0 radical (unpaired) electrons. The minimum absolute atomic E-state index is 0.0176. The Morgan fingerprint density at radius 3 is 2.07 bits per heavy atom. The fraction of sp³-hybridized carbons (Fsp3) is 0.100. The van der Waals surface area contributed by atoms with E-state index < -0.39 is 15.8 Å². The van der Waals surface area contributed by atoms with E-state index in [0.29, 0.717) is 24.2 Å². The Balaban J connectivity index is 1.58. The summed E-state index contributed by atoms with van der Waals surface area (Å²) in [6.45, 7) is 0.543. The van der Waals surface area contributed by atoms with Crippen molar-refractivity contribution in [2.24, 2.45) is 0 Å². The summed E-state index contributed by atoms with van der Waals surface area (Å²) in [4.78, 5) is -0.0176. The Bertz CT molecular complexity index is 1000. The van der Waals surface area contributed by atoms with E-state index in [1.54, 1.807) is 42.5 Å². The molecule has 3 rings (SSSR count). The molecule has 0 saturated carbocycles. The highest BCUT2D eigenvalue weighted by Gasteiger charge is 2.14. The van der Waals surface area contributed by atoms with Crippen LogP contribution in [-0.2, 0) is 16.4 Å². The topological polar surface area (TPSA) is 58.2 Å². The van der Waals surface area contributed by atoms with Crippen molar-refractivity contribution in [1.82, 2.24) is 0 Å². The Morgan fingerprint density at radius 2 is 1.41 bits per heavy atom. The monoisotopic (exact) mass is 388 g/mol. The maximum atomic E-state index is 13.6. The van der Waals surface area contributed by atoms with Gasteiger partial charge in [0.1, 0.15) is 11.6 Å². The van der Waals surface area contributed by atoms with Crippen molar-refractivity contribution in [2.75, 3.05) is 16.6 Å². The second-order valence-corrected chi connectivity index (χ2v) is 7.59. The molecule has 3 aromatic rings. The summed E-state index contributed by atoms with van der Waals surface area (Å²) in [7, 11) is -3.78. The largest absolute Gasteiger partial charge is 0.385 e. The Kier molecular flexibility index (Phi) is 5.71. The third-order valence-corrected chi connectivity index (χ3v) is 5.34. The van der Waals surface area contributed by atoms with Gasteiger partial charge in [-0.15, -0.1) is 0 Å². The Labute approximate surface area is 156 Å². The number of anilines is 2. The number of halogens is 2. The van der Waals surface area contributed by atoms with Crippen LogP contribution in [0.25, 0.3) is 0 Å². The summed E-state index contributed by atoms with van der Waals surface area (Å²) >= 11 is 0. The van der Waals surface area contributed by atoms with E-state index in [0.717, 1.165) is 17.8 Å². The van der Waals surface area contributed by atoms with Crippen LogP contribution in [0.5, 0.6) is 0 Å². The van der Waals surface area contributed by atoms with Crippen molar-refractivity contribution in [2.45, 2.75) is 11.3 Å². The van der Waals surface area contributed by atoms with Gasteiger partial charge in [0, 0.05) is 17.9 Å². The van der Waals surface area contributed by atoms with E-state index >= 15 is 0 Å². The molecule has 4 nitrogen and oxygen atoms in total. The second kappa shape index (κ2) is 8.18. The van der Waals surface area contributed by atoms with Crippen molar-refractivity contribution in [3.63, 3.8) is 0 Å². The van der Waals surface area contributed by atoms with Crippen LogP contribution < -0.4 is 10.0 Å². The van der Waals surface area contributed by atoms with Gasteiger partial charge in [0.25, 0.3) is 10.0 Å². The van der Waals surface area contributed by atoms with Crippen LogP contribution in [-0.4, -0.2) is 15.0 Å². The van der Waals surface area contributed by atoms with Gasteiger partial charge >= 0.3 is 0 Å².